The Labute approximate surface area is 77.2 Å². The van der Waals surface area contributed by atoms with Crippen LogP contribution < -0.4 is 10.6 Å². The molecule has 0 radical (unpaired) electrons. The van der Waals surface area contributed by atoms with Gasteiger partial charge >= 0.3 is 0 Å². The lowest BCUT2D eigenvalue weighted by atomic mass is 10.2. The first kappa shape index (κ1) is 9.55. The molecule has 0 aliphatic carbocycles. The third kappa shape index (κ3) is 2.83. The molecular formula is C8H13ClN2O. The van der Waals surface area contributed by atoms with Crippen molar-refractivity contribution in [3.8, 4) is 0 Å². The van der Waals surface area contributed by atoms with Gasteiger partial charge in [-0.1, -0.05) is 18.2 Å². The number of hydrogen-bond acceptors (Lipinski definition) is 2. The van der Waals surface area contributed by atoms with Crippen LogP contribution in [0.2, 0.25) is 0 Å². The fourth-order valence-electron chi connectivity index (χ4n) is 1.21. The molecule has 0 aromatic heterocycles. The van der Waals surface area contributed by atoms with Gasteiger partial charge in [0.2, 0.25) is 5.91 Å². The summed E-state index contributed by atoms with van der Waals surface area (Å²) < 4.78 is 0. The van der Waals surface area contributed by atoms with Crippen molar-refractivity contribution >= 4 is 17.5 Å². The van der Waals surface area contributed by atoms with E-state index in [0.29, 0.717) is 11.6 Å². The Morgan fingerprint density at radius 1 is 1.75 bits per heavy atom. The average Bonchev–Trinajstić information content (AvgIpc) is 2.51. The summed E-state index contributed by atoms with van der Waals surface area (Å²) in [4.78, 5) is 11.3. The van der Waals surface area contributed by atoms with E-state index in [0.717, 1.165) is 19.4 Å². The van der Waals surface area contributed by atoms with Crippen molar-refractivity contribution < 1.29 is 4.79 Å². The van der Waals surface area contributed by atoms with Crippen LogP contribution in [-0.2, 0) is 4.79 Å². The highest BCUT2D eigenvalue weighted by molar-refractivity contribution is 6.29. The van der Waals surface area contributed by atoms with E-state index in [4.69, 9.17) is 11.6 Å². The van der Waals surface area contributed by atoms with Crippen molar-refractivity contribution in [1.29, 1.82) is 0 Å². The lowest BCUT2D eigenvalue weighted by molar-refractivity contribution is -0.122. The molecule has 1 unspecified atom stereocenters. The van der Waals surface area contributed by atoms with E-state index < -0.39 is 0 Å². The summed E-state index contributed by atoms with van der Waals surface area (Å²) in [7, 11) is 0. The molecule has 0 aromatic carbocycles. The maximum absolute atomic E-state index is 11.3. The Morgan fingerprint density at radius 2 is 2.50 bits per heavy atom. The van der Waals surface area contributed by atoms with Crippen LogP contribution in [0.3, 0.4) is 0 Å². The molecule has 0 spiro atoms. The summed E-state index contributed by atoms with van der Waals surface area (Å²) in [5.41, 5.74) is 0. The topological polar surface area (TPSA) is 41.1 Å². The third-order valence-electron chi connectivity index (χ3n) is 1.83. The monoisotopic (exact) mass is 188 g/mol. The quantitative estimate of drug-likeness (QED) is 0.682. The molecule has 1 aliphatic heterocycles. The van der Waals surface area contributed by atoms with Crippen molar-refractivity contribution in [2.24, 2.45) is 0 Å². The van der Waals surface area contributed by atoms with Crippen LogP contribution >= 0.6 is 11.6 Å². The molecule has 0 bridgehead atoms. The lowest BCUT2D eigenvalue weighted by Crippen LogP contribution is -2.40. The molecule has 1 heterocycles. The van der Waals surface area contributed by atoms with Gasteiger partial charge in [-0.25, -0.2) is 0 Å². The Kier molecular flexibility index (Phi) is 3.56. The van der Waals surface area contributed by atoms with E-state index in [1.54, 1.807) is 0 Å². The van der Waals surface area contributed by atoms with Gasteiger partial charge in [0.1, 0.15) is 0 Å². The van der Waals surface area contributed by atoms with Crippen molar-refractivity contribution in [2.75, 3.05) is 13.1 Å². The Hall–Kier alpha value is -0.540. The molecule has 1 atom stereocenters. The van der Waals surface area contributed by atoms with Crippen LogP contribution in [0.5, 0.6) is 0 Å². The summed E-state index contributed by atoms with van der Waals surface area (Å²) >= 11 is 5.50. The predicted octanol–water partition coefficient (Wildman–Crippen LogP) is 0.607. The first-order valence-corrected chi connectivity index (χ1v) is 4.42. The average molecular weight is 189 g/mol. The molecule has 1 aliphatic rings. The van der Waals surface area contributed by atoms with Crippen LogP contribution in [0.4, 0.5) is 0 Å². The van der Waals surface area contributed by atoms with E-state index >= 15 is 0 Å². The van der Waals surface area contributed by atoms with Crippen molar-refractivity contribution in [3.05, 3.63) is 11.6 Å². The second kappa shape index (κ2) is 4.48. The molecule has 2 N–H and O–H groups in total. The minimum atomic E-state index is -0.0268. The first-order valence-electron chi connectivity index (χ1n) is 4.04. The normalized spacial score (nSPS) is 22.2. The van der Waals surface area contributed by atoms with Gasteiger partial charge in [-0.2, -0.15) is 0 Å². The zero-order chi connectivity index (χ0) is 8.97. The SMILES string of the molecule is C=C(Cl)CNC(=O)C1CCCN1. The molecule has 3 nitrogen and oxygen atoms in total. The number of carbonyl (C=O) groups excluding carboxylic acids is 1. The Morgan fingerprint density at radius 3 is 3.00 bits per heavy atom. The van der Waals surface area contributed by atoms with Gasteiger partial charge < -0.3 is 10.6 Å². The number of rotatable bonds is 3. The molecule has 68 valence electrons. The van der Waals surface area contributed by atoms with Gasteiger partial charge in [-0.05, 0) is 19.4 Å². The highest BCUT2D eigenvalue weighted by atomic mass is 35.5. The van der Waals surface area contributed by atoms with Gasteiger partial charge in [-0.3, -0.25) is 4.79 Å². The first-order chi connectivity index (χ1) is 5.70. The van der Waals surface area contributed by atoms with Gasteiger partial charge in [0.05, 0.1) is 12.6 Å². The Balaban J connectivity index is 2.23. The third-order valence-corrected chi connectivity index (χ3v) is 1.96. The van der Waals surface area contributed by atoms with Gasteiger partial charge in [0, 0.05) is 5.03 Å². The number of nitrogens with one attached hydrogen (secondary N) is 2. The van der Waals surface area contributed by atoms with Gasteiger partial charge in [-0.15, -0.1) is 0 Å². The maximum atomic E-state index is 11.3. The molecule has 0 saturated carbocycles. The number of halogens is 1. The highest BCUT2D eigenvalue weighted by Gasteiger charge is 2.21. The summed E-state index contributed by atoms with van der Waals surface area (Å²) in [6, 6.07) is -0.0268. The van der Waals surface area contributed by atoms with Crippen LogP contribution in [0.1, 0.15) is 12.8 Å². The van der Waals surface area contributed by atoms with E-state index in [2.05, 4.69) is 17.2 Å². The largest absolute Gasteiger partial charge is 0.350 e. The van der Waals surface area contributed by atoms with Crippen molar-refractivity contribution in [2.45, 2.75) is 18.9 Å². The van der Waals surface area contributed by atoms with E-state index in [1.807, 2.05) is 0 Å². The minimum Gasteiger partial charge on any atom is -0.350 e. The van der Waals surface area contributed by atoms with Crippen LogP contribution in [-0.4, -0.2) is 25.0 Å². The maximum Gasteiger partial charge on any atom is 0.237 e. The summed E-state index contributed by atoms with van der Waals surface area (Å²) in [6.07, 6.45) is 1.99. The zero-order valence-electron chi connectivity index (χ0n) is 6.90. The molecule has 4 heteroatoms. The number of carbonyl (C=O) groups is 1. The van der Waals surface area contributed by atoms with Crippen LogP contribution in [0.15, 0.2) is 11.6 Å². The summed E-state index contributed by atoms with van der Waals surface area (Å²) in [6.45, 7) is 4.77. The van der Waals surface area contributed by atoms with E-state index in [-0.39, 0.29) is 11.9 Å². The lowest BCUT2D eigenvalue weighted by Gasteiger charge is -2.09. The van der Waals surface area contributed by atoms with Crippen molar-refractivity contribution in [1.82, 2.24) is 10.6 Å². The van der Waals surface area contributed by atoms with Gasteiger partial charge in [0.25, 0.3) is 0 Å². The second-order valence-electron chi connectivity index (χ2n) is 2.88. The smallest absolute Gasteiger partial charge is 0.237 e. The van der Waals surface area contributed by atoms with Crippen LogP contribution in [0, 0.1) is 0 Å². The number of amides is 1. The molecule has 1 rings (SSSR count). The fraction of sp³-hybridized carbons (Fsp3) is 0.625. The standard InChI is InChI=1S/C8H13ClN2O/c1-6(9)5-11-8(12)7-3-2-4-10-7/h7,10H,1-5H2,(H,11,12). The second-order valence-corrected chi connectivity index (χ2v) is 3.42. The summed E-state index contributed by atoms with van der Waals surface area (Å²) in [5, 5.41) is 6.25. The predicted molar refractivity (Wildman–Crippen MR) is 49.0 cm³/mol. The van der Waals surface area contributed by atoms with Crippen molar-refractivity contribution in [3.63, 3.8) is 0 Å². The molecule has 12 heavy (non-hydrogen) atoms. The molecule has 1 saturated heterocycles. The zero-order valence-corrected chi connectivity index (χ0v) is 7.66. The minimum absolute atomic E-state index is 0.0225. The molecule has 1 amide bonds. The Bertz CT molecular complexity index is 187. The van der Waals surface area contributed by atoms with E-state index in [1.165, 1.54) is 0 Å². The highest BCUT2D eigenvalue weighted by Crippen LogP contribution is 2.04. The summed E-state index contributed by atoms with van der Waals surface area (Å²) in [5.74, 6) is 0.0225. The molecule has 0 aromatic rings. The van der Waals surface area contributed by atoms with Gasteiger partial charge in [0.15, 0.2) is 0 Å². The number of hydrogen-bond donors (Lipinski definition) is 2. The van der Waals surface area contributed by atoms with Crippen LogP contribution in [0.25, 0.3) is 0 Å². The van der Waals surface area contributed by atoms with E-state index in [9.17, 15) is 4.79 Å². The fourth-order valence-corrected chi connectivity index (χ4v) is 1.28. The molecular weight excluding hydrogens is 176 g/mol. The molecule has 1 fully saturated rings.